The van der Waals surface area contributed by atoms with Crippen molar-refractivity contribution in [3.05, 3.63) is 71.3 Å². The first-order valence-corrected chi connectivity index (χ1v) is 9.33. The summed E-state index contributed by atoms with van der Waals surface area (Å²) in [6.45, 7) is 1.43. The van der Waals surface area contributed by atoms with Crippen LogP contribution in [0, 0.1) is 5.82 Å². The monoisotopic (exact) mass is 462 g/mol. The van der Waals surface area contributed by atoms with Crippen LogP contribution in [0.4, 0.5) is 28.0 Å². The quantitative estimate of drug-likeness (QED) is 0.407. The van der Waals surface area contributed by atoms with Crippen molar-refractivity contribution < 1.29 is 31.9 Å². The molecule has 3 N–H and O–H groups in total. The van der Waals surface area contributed by atoms with E-state index in [0.29, 0.717) is 4.68 Å². The molecule has 1 aliphatic rings. The number of alkyl halides is 3. The molecular weight excluding hydrogens is 448 g/mol. The third-order valence-electron chi connectivity index (χ3n) is 4.97. The Kier molecular flexibility index (Phi) is 5.11. The van der Waals surface area contributed by atoms with Gasteiger partial charge in [0.2, 0.25) is 0 Å². The number of aromatic nitrogens is 3. The van der Waals surface area contributed by atoms with E-state index in [-0.39, 0.29) is 16.9 Å². The molecule has 1 saturated heterocycles. The van der Waals surface area contributed by atoms with Crippen molar-refractivity contribution in [3.8, 4) is 5.69 Å². The Morgan fingerprint density at radius 2 is 1.82 bits per heavy atom. The number of carbonyl (C=O) groups is 3. The zero-order valence-electron chi connectivity index (χ0n) is 16.7. The van der Waals surface area contributed by atoms with Gasteiger partial charge in [-0.1, -0.05) is 17.3 Å². The van der Waals surface area contributed by atoms with Gasteiger partial charge in [-0.15, -0.1) is 5.10 Å². The van der Waals surface area contributed by atoms with Crippen molar-refractivity contribution in [3.63, 3.8) is 0 Å². The summed E-state index contributed by atoms with van der Waals surface area (Å²) in [5, 5.41) is 13.6. The van der Waals surface area contributed by atoms with E-state index in [4.69, 9.17) is 0 Å². The molecule has 1 fully saturated rings. The first-order chi connectivity index (χ1) is 15.5. The van der Waals surface area contributed by atoms with E-state index in [0.717, 1.165) is 24.3 Å². The average Bonchev–Trinajstić information content (AvgIpc) is 3.30. The summed E-state index contributed by atoms with van der Waals surface area (Å²) in [6, 6.07) is 8.99. The molecule has 33 heavy (non-hydrogen) atoms. The molecule has 1 atom stereocenters. The SMILES string of the molecule is CC1(c2cccc(NC(=O)c3nnn(-c4ccc(F)cc4)c3C(F)(F)F)c2)NC(=O)NC1=O. The highest BCUT2D eigenvalue weighted by Crippen LogP contribution is 2.33. The van der Waals surface area contributed by atoms with E-state index >= 15 is 0 Å². The first kappa shape index (κ1) is 21.9. The van der Waals surface area contributed by atoms with Crippen LogP contribution in [0.2, 0.25) is 0 Å². The highest BCUT2D eigenvalue weighted by atomic mass is 19.4. The van der Waals surface area contributed by atoms with E-state index in [9.17, 15) is 31.9 Å². The minimum absolute atomic E-state index is 0.0529. The van der Waals surface area contributed by atoms with Crippen LogP contribution < -0.4 is 16.0 Å². The molecule has 0 bridgehead atoms. The van der Waals surface area contributed by atoms with E-state index in [1.54, 1.807) is 0 Å². The maximum Gasteiger partial charge on any atom is 0.435 e. The van der Waals surface area contributed by atoms with Crippen LogP contribution in [0.25, 0.3) is 5.69 Å². The van der Waals surface area contributed by atoms with E-state index < -0.39 is 46.8 Å². The molecule has 170 valence electrons. The van der Waals surface area contributed by atoms with E-state index in [1.165, 1.54) is 31.2 Å². The third kappa shape index (κ3) is 4.00. The molecule has 2 aromatic carbocycles. The number of benzene rings is 2. The second-order valence-electron chi connectivity index (χ2n) is 7.24. The number of urea groups is 1. The number of nitrogens with one attached hydrogen (secondary N) is 3. The minimum Gasteiger partial charge on any atom is -0.321 e. The lowest BCUT2D eigenvalue weighted by atomic mass is 9.92. The van der Waals surface area contributed by atoms with Crippen molar-refractivity contribution in [2.24, 2.45) is 0 Å². The Bertz CT molecular complexity index is 1270. The topological polar surface area (TPSA) is 118 Å². The fraction of sp³-hybridized carbons (Fsp3) is 0.150. The maximum absolute atomic E-state index is 13.8. The number of hydrogen-bond donors (Lipinski definition) is 3. The molecule has 0 aliphatic carbocycles. The van der Waals surface area contributed by atoms with Gasteiger partial charge in [-0.2, -0.15) is 13.2 Å². The number of anilines is 1. The number of nitrogens with zero attached hydrogens (tertiary/aromatic N) is 3. The molecule has 9 nitrogen and oxygen atoms in total. The Labute approximate surface area is 182 Å². The van der Waals surface area contributed by atoms with Crippen molar-refractivity contribution in [2.45, 2.75) is 18.6 Å². The Hall–Kier alpha value is -4.29. The maximum atomic E-state index is 13.8. The highest BCUT2D eigenvalue weighted by Gasteiger charge is 2.44. The van der Waals surface area contributed by atoms with Gasteiger partial charge in [-0.05, 0) is 48.9 Å². The summed E-state index contributed by atoms with van der Waals surface area (Å²) < 4.78 is 54.8. The molecule has 1 aliphatic heterocycles. The van der Waals surface area contributed by atoms with Crippen LogP contribution in [0.15, 0.2) is 48.5 Å². The smallest absolute Gasteiger partial charge is 0.321 e. The molecule has 3 aromatic rings. The van der Waals surface area contributed by atoms with Crippen LogP contribution >= 0.6 is 0 Å². The van der Waals surface area contributed by atoms with Gasteiger partial charge >= 0.3 is 12.2 Å². The fourth-order valence-corrected chi connectivity index (χ4v) is 3.30. The summed E-state index contributed by atoms with van der Waals surface area (Å²) in [7, 11) is 0. The number of imide groups is 1. The lowest BCUT2D eigenvalue weighted by Crippen LogP contribution is -2.40. The summed E-state index contributed by atoms with van der Waals surface area (Å²) in [5.41, 5.74) is -3.69. The predicted molar refractivity (Wildman–Crippen MR) is 105 cm³/mol. The number of carbonyl (C=O) groups excluding carboxylic acids is 3. The van der Waals surface area contributed by atoms with Crippen LogP contribution in [0.1, 0.15) is 28.7 Å². The molecule has 0 spiro atoms. The lowest BCUT2D eigenvalue weighted by Gasteiger charge is -2.21. The Morgan fingerprint density at radius 1 is 1.12 bits per heavy atom. The van der Waals surface area contributed by atoms with Gasteiger partial charge in [0.25, 0.3) is 11.8 Å². The van der Waals surface area contributed by atoms with Gasteiger partial charge in [-0.3, -0.25) is 14.9 Å². The van der Waals surface area contributed by atoms with Gasteiger partial charge in [0.05, 0.1) is 5.69 Å². The fourth-order valence-electron chi connectivity index (χ4n) is 3.30. The molecule has 2 heterocycles. The van der Waals surface area contributed by atoms with Crippen LogP contribution in [0.3, 0.4) is 0 Å². The second-order valence-corrected chi connectivity index (χ2v) is 7.24. The van der Waals surface area contributed by atoms with Gasteiger partial charge in [0, 0.05) is 5.69 Å². The minimum atomic E-state index is -5.01. The molecule has 13 heteroatoms. The molecule has 4 amide bonds. The molecule has 0 radical (unpaired) electrons. The largest absolute Gasteiger partial charge is 0.435 e. The number of amides is 4. The van der Waals surface area contributed by atoms with E-state index in [2.05, 4.69) is 26.3 Å². The number of halogens is 4. The molecule has 1 aromatic heterocycles. The van der Waals surface area contributed by atoms with Crippen LogP contribution in [-0.2, 0) is 16.5 Å². The summed E-state index contributed by atoms with van der Waals surface area (Å²) in [6.07, 6.45) is -5.01. The van der Waals surface area contributed by atoms with Crippen molar-refractivity contribution >= 4 is 23.5 Å². The standard InChI is InChI=1S/C20H14F4N6O3/c1-19(17(32)26-18(33)27-19)10-3-2-4-12(9-10)25-16(31)14-15(20(22,23)24)30(29-28-14)13-7-5-11(21)6-8-13/h2-9H,1H3,(H,25,31)(H2,26,27,32,33). The predicted octanol–water partition coefficient (Wildman–Crippen LogP) is 2.73. The number of hydrogen-bond acceptors (Lipinski definition) is 5. The van der Waals surface area contributed by atoms with Crippen molar-refractivity contribution in [1.82, 2.24) is 25.6 Å². The summed E-state index contributed by atoms with van der Waals surface area (Å²) in [4.78, 5) is 36.3. The Morgan fingerprint density at radius 3 is 2.42 bits per heavy atom. The molecule has 0 saturated carbocycles. The second kappa shape index (κ2) is 7.69. The average molecular weight is 462 g/mol. The third-order valence-corrected chi connectivity index (χ3v) is 4.97. The van der Waals surface area contributed by atoms with Crippen LogP contribution in [-0.4, -0.2) is 32.8 Å². The van der Waals surface area contributed by atoms with Crippen molar-refractivity contribution in [2.75, 3.05) is 5.32 Å². The van der Waals surface area contributed by atoms with Gasteiger partial charge < -0.3 is 10.6 Å². The summed E-state index contributed by atoms with van der Waals surface area (Å²) >= 11 is 0. The molecular formula is C20H14F4N6O3. The van der Waals surface area contributed by atoms with E-state index in [1.807, 2.05) is 0 Å². The number of rotatable bonds is 4. The molecule has 1 unspecified atom stereocenters. The molecule has 4 rings (SSSR count). The van der Waals surface area contributed by atoms with Gasteiger partial charge in [0.1, 0.15) is 11.4 Å². The van der Waals surface area contributed by atoms with Crippen molar-refractivity contribution in [1.29, 1.82) is 0 Å². The van der Waals surface area contributed by atoms with Gasteiger partial charge in [-0.25, -0.2) is 13.9 Å². The Balaban J connectivity index is 1.67. The van der Waals surface area contributed by atoms with Crippen LogP contribution in [0.5, 0.6) is 0 Å². The normalized spacial score (nSPS) is 18.1. The summed E-state index contributed by atoms with van der Waals surface area (Å²) in [5.74, 6) is -2.50. The van der Waals surface area contributed by atoms with Gasteiger partial charge in [0.15, 0.2) is 11.4 Å². The zero-order valence-corrected chi connectivity index (χ0v) is 16.7. The lowest BCUT2D eigenvalue weighted by molar-refractivity contribution is -0.143. The first-order valence-electron chi connectivity index (χ1n) is 9.33. The highest BCUT2D eigenvalue weighted by molar-refractivity contribution is 6.07. The zero-order chi connectivity index (χ0) is 24.0.